The van der Waals surface area contributed by atoms with Gasteiger partial charge in [0.2, 0.25) is 0 Å². The second-order valence-corrected chi connectivity index (χ2v) is 5.93. The SMILES string of the molecule is COCCNc1cc(C(=O)Nc2cccc(OC)c2)nc(-c2ccccc2)n1. The van der Waals surface area contributed by atoms with Crippen LogP contribution in [0.15, 0.2) is 60.7 Å². The van der Waals surface area contributed by atoms with Gasteiger partial charge in [-0.05, 0) is 12.1 Å². The Balaban J connectivity index is 1.89. The zero-order valence-electron chi connectivity index (χ0n) is 15.8. The van der Waals surface area contributed by atoms with Gasteiger partial charge in [-0.15, -0.1) is 0 Å². The van der Waals surface area contributed by atoms with Crippen LogP contribution in [0.4, 0.5) is 11.5 Å². The molecule has 0 aliphatic rings. The summed E-state index contributed by atoms with van der Waals surface area (Å²) >= 11 is 0. The molecule has 0 atom stereocenters. The van der Waals surface area contributed by atoms with E-state index in [-0.39, 0.29) is 11.6 Å². The zero-order valence-corrected chi connectivity index (χ0v) is 15.8. The second kappa shape index (κ2) is 9.48. The van der Waals surface area contributed by atoms with Gasteiger partial charge in [-0.2, -0.15) is 0 Å². The summed E-state index contributed by atoms with van der Waals surface area (Å²) in [5.41, 5.74) is 1.71. The predicted octanol–water partition coefficient (Wildman–Crippen LogP) is 3.46. The summed E-state index contributed by atoms with van der Waals surface area (Å²) in [6.45, 7) is 1.09. The van der Waals surface area contributed by atoms with Crippen molar-refractivity contribution in [2.45, 2.75) is 0 Å². The van der Waals surface area contributed by atoms with Crippen LogP contribution in [0, 0.1) is 0 Å². The van der Waals surface area contributed by atoms with Gasteiger partial charge in [0.15, 0.2) is 5.82 Å². The molecule has 1 heterocycles. The predicted molar refractivity (Wildman–Crippen MR) is 109 cm³/mol. The van der Waals surface area contributed by atoms with Gasteiger partial charge < -0.3 is 20.1 Å². The van der Waals surface area contributed by atoms with E-state index in [1.807, 2.05) is 42.5 Å². The van der Waals surface area contributed by atoms with Gasteiger partial charge in [-0.1, -0.05) is 36.4 Å². The third-order valence-electron chi connectivity index (χ3n) is 3.93. The van der Waals surface area contributed by atoms with E-state index < -0.39 is 0 Å². The van der Waals surface area contributed by atoms with E-state index in [2.05, 4.69) is 20.6 Å². The van der Waals surface area contributed by atoms with E-state index in [0.29, 0.717) is 36.2 Å². The van der Waals surface area contributed by atoms with Crippen molar-refractivity contribution in [2.75, 3.05) is 38.0 Å². The largest absolute Gasteiger partial charge is 0.497 e. The fourth-order valence-corrected chi connectivity index (χ4v) is 2.55. The van der Waals surface area contributed by atoms with Crippen molar-refractivity contribution < 1.29 is 14.3 Å². The molecule has 0 saturated carbocycles. The van der Waals surface area contributed by atoms with E-state index in [1.165, 1.54) is 0 Å². The quantitative estimate of drug-likeness (QED) is 0.584. The number of benzene rings is 2. The number of aromatic nitrogens is 2. The van der Waals surface area contributed by atoms with Crippen molar-refractivity contribution in [1.82, 2.24) is 9.97 Å². The lowest BCUT2D eigenvalue weighted by atomic mass is 10.2. The summed E-state index contributed by atoms with van der Waals surface area (Å²) < 4.78 is 10.3. The first-order chi connectivity index (χ1) is 13.7. The van der Waals surface area contributed by atoms with E-state index in [1.54, 1.807) is 32.4 Å². The average molecular weight is 378 g/mol. The molecule has 1 aromatic heterocycles. The monoisotopic (exact) mass is 378 g/mol. The summed E-state index contributed by atoms with van der Waals surface area (Å²) in [7, 11) is 3.21. The lowest BCUT2D eigenvalue weighted by Crippen LogP contribution is -2.16. The molecule has 0 unspecified atom stereocenters. The fourth-order valence-electron chi connectivity index (χ4n) is 2.55. The first kappa shape index (κ1) is 19.3. The van der Waals surface area contributed by atoms with Crippen molar-refractivity contribution in [3.8, 4) is 17.1 Å². The Labute approximate surface area is 163 Å². The fraction of sp³-hybridized carbons (Fsp3) is 0.190. The maximum Gasteiger partial charge on any atom is 0.274 e. The topological polar surface area (TPSA) is 85.4 Å². The summed E-state index contributed by atoms with van der Waals surface area (Å²) in [4.78, 5) is 21.7. The third-order valence-corrected chi connectivity index (χ3v) is 3.93. The number of hydrogen-bond acceptors (Lipinski definition) is 6. The van der Waals surface area contributed by atoms with Gasteiger partial charge in [0, 0.05) is 37.0 Å². The molecule has 0 bridgehead atoms. The summed E-state index contributed by atoms with van der Waals surface area (Å²) in [5.74, 6) is 1.36. The molecule has 7 heteroatoms. The number of carbonyl (C=O) groups is 1. The number of nitrogens with one attached hydrogen (secondary N) is 2. The summed E-state index contributed by atoms with van der Waals surface area (Å²) in [5, 5.41) is 6.00. The molecule has 0 saturated heterocycles. The van der Waals surface area contributed by atoms with Crippen molar-refractivity contribution in [3.05, 3.63) is 66.4 Å². The summed E-state index contributed by atoms with van der Waals surface area (Å²) in [6.07, 6.45) is 0. The smallest absolute Gasteiger partial charge is 0.274 e. The minimum atomic E-state index is -0.331. The molecule has 0 aliphatic carbocycles. The molecule has 7 nitrogen and oxygen atoms in total. The van der Waals surface area contributed by atoms with Crippen LogP contribution in [0.5, 0.6) is 5.75 Å². The maximum absolute atomic E-state index is 12.8. The molecule has 0 fully saturated rings. The van der Waals surface area contributed by atoms with Crippen LogP contribution in [0.1, 0.15) is 10.5 Å². The Kier molecular flexibility index (Phi) is 6.54. The van der Waals surface area contributed by atoms with Crippen LogP contribution in [-0.4, -0.2) is 43.2 Å². The van der Waals surface area contributed by atoms with Crippen molar-refractivity contribution in [3.63, 3.8) is 0 Å². The Morgan fingerprint density at radius 3 is 2.57 bits per heavy atom. The van der Waals surface area contributed by atoms with Crippen LogP contribution < -0.4 is 15.4 Å². The Hall–Kier alpha value is -3.45. The van der Waals surface area contributed by atoms with E-state index in [4.69, 9.17) is 9.47 Å². The molecule has 28 heavy (non-hydrogen) atoms. The molecule has 2 aromatic carbocycles. The Bertz CT molecular complexity index is 932. The Morgan fingerprint density at radius 1 is 1.00 bits per heavy atom. The average Bonchev–Trinajstić information content (AvgIpc) is 2.74. The lowest BCUT2D eigenvalue weighted by molar-refractivity contribution is 0.102. The zero-order chi connectivity index (χ0) is 19.8. The highest BCUT2D eigenvalue weighted by atomic mass is 16.5. The number of nitrogens with zero attached hydrogens (tertiary/aromatic N) is 2. The molecular formula is C21H22N4O3. The molecule has 1 amide bonds. The van der Waals surface area contributed by atoms with Crippen LogP contribution in [0.3, 0.4) is 0 Å². The molecule has 0 radical (unpaired) electrons. The second-order valence-electron chi connectivity index (χ2n) is 5.93. The number of ether oxygens (including phenoxy) is 2. The van der Waals surface area contributed by atoms with Crippen molar-refractivity contribution in [1.29, 1.82) is 0 Å². The first-order valence-corrected chi connectivity index (χ1v) is 8.82. The maximum atomic E-state index is 12.8. The highest BCUT2D eigenvalue weighted by molar-refractivity contribution is 6.03. The van der Waals surface area contributed by atoms with Gasteiger partial charge in [-0.25, -0.2) is 9.97 Å². The van der Waals surface area contributed by atoms with Gasteiger partial charge in [0.25, 0.3) is 5.91 Å². The third kappa shape index (κ3) is 5.05. The van der Waals surface area contributed by atoms with Crippen LogP contribution in [0.25, 0.3) is 11.4 Å². The van der Waals surface area contributed by atoms with Crippen LogP contribution in [-0.2, 0) is 4.74 Å². The van der Waals surface area contributed by atoms with E-state index in [9.17, 15) is 4.79 Å². The number of hydrogen-bond donors (Lipinski definition) is 2. The molecule has 0 spiro atoms. The molecule has 3 aromatic rings. The molecule has 3 rings (SSSR count). The van der Waals surface area contributed by atoms with Gasteiger partial charge in [-0.3, -0.25) is 4.79 Å². The standard InChI is InChI=1S/C21H22N4O3/c1-27-12-11-22-19-14-18(24-20(25-19)15-7-4-3-5-8-15)21(26)23-16-9-6-10-17(13-16)28-2/h3-10,13-14H,11-12H2,1-2H3,(H,23,26)(H,22,24,25). The molecule has 2 N–H and O–H groups in total. The van der Waals surface area contributed by atoms with Crippen LogP contribution >= 0.6 is 0 Å². The minimum absolute atomic E-state index is 0.261. The molecule has 144 valence electrons. The lowest BCUT2D eigenvalue weighted by Gasteiger charge is -2.11. The highest BCUT2D eigenvalue weighted by Crippen LogP contribution is 2.20. The van der Waals surface area contributed by atoms with Crippen molar-refractivity contribution in [2.24, 2.45) is 0 Å². The molecule has 0 aliphatic heterocycles. The molecular weight excluding hydrogens is 356 g/mol. The van der Waals surface area contributed by atoms with Gasteiger partial charge >= 0.3 is 0 Å². The summed E-state index contributed by atoms with van der Waals surface area (Å²) in [6, 6.07) is 18.3. The first-order valence-electron chi connectivity index (χ1n) is 8.82. The van der Waals surface area contributed by atoms with Gasteiger partial charge in [0.1, 0.15) is 17.3 Å². The number of methoxy groups -OCH3 is 2. The normalized spacial score (nSPS) is 10.4. The number of carbonyl (C=O) groups excluding carboxylic acids is 1. The number of amides is 1. The minimum Gasteiger partial charge on any atom is -0.497 e. The van der Waals surface area contributed by atoms with Gasteiger partial charge in [0.05, 0.1) is 13.7 Å². The van der Waals surface area contributed by atoms with Crippen LogP contribution in [0.2, 0.25) is 0 Å². The van der Waals surface area contributed by atoms with E-state index in [0.717, 1.165) is 5.56 Å². The highest BCUT2D eigenvalue weighted by Gasteiger charge is 2.14. The number of anilines is 2. The number of rotatable bonds is 8. The van der Waals surface area contributed by atoms with E-state index >= 15 is 0 Å². The van der Waals surface area contributed by atoms with Crippen molar-refractivity contribution >= 4 is 17.4 Å². The Morgan fingerprint density at radius 2 is 1.82 bits per heavy atom.